The molecule has 0 spiro atoms. The minimum Gasteiger partial charge on any atom is -0.300 e. The van der Waals surface area contributed by atoms with E-state index in [1.54, 1.807) is 0 Å². The Morgan fingerprint density at radius 1 is 0.871 bits per heavy atom. The van der Waals surface area contributed by atoms with E-state index in [9.17, 15) is 4.79 Å². The Kier molecular flexibility index (Phi) is 7.25. The molecule has 0 aliphatic rings. The smallest absolute Gasteiger partial charge is 0.230 e. The molecule has 0 saturated heterocycles. The van der Waals surface area contributed by atoms with Crippen molar-refractivity contribution >= 4 is 57.3 Å². The minimum absolute atomic E-state index is 0.130. The lowest BCUT2D eigenvalue weighted by atomic mass is 10.0. The molecule has 31 heavy (non-hydrogen) atoms. The molecule has 4 nitrogen and oxygen atoms in total. The van der Waals surface area contributed by atoms with Crippen molar-refractivity contribution in [3.05, 3.63) is 94.0 Å². The molecule has 1 amide bonds. The van der Waals surface area contributed by atoms with Crippen LogP contribution in [0.3, 0.4) is 0 Å². The lowest BCUT2D eigenvalue weighted by Gasteiger charge is -2.05. The largest absolute Gasteiger partial charge is 0.300 e. The van der Waals surface area contributed by atoms with E-state index < -0.39 is 0 Å². The Morgan fingerprint density at radius 2 is 1.55 bits per heavy atom. The van der Waals surface area contributed by atoms with Crippen LogP contribution in [0.4, 0.5) is 5.13 Å². The van der Waals surface area contributed by atoms with Gasteiger partial charge in [-0.05, 0) is 34.4 Å². The van der Waals surface area contributed by atoms with Crippen LogP contribution < -0.4 is 5.32 Å². The van der Waals surface area contributed by atoms with Crippen LogP contribution in [0.15, 0.2) is 77.1 Å². The molecule has 0 aliphatic carbocycles. The molecule has 0 bridgehead atoms. The zero-order valence-electron chi connectivity index (χ0n) is 16.2. The fraction of sp³-hybridized carbons (Fsp3) is 0.0870. The number of carbonyl (C=O) groups is 1. The van der Waals surface area contributed by atoms with E-state index >= 15 is 0 Å². The number of rotatable bonds is 7. The van der Waals surface area contributed by atoms with Gasteiger partial charge in [0.25, 0.3) is 0 Å². The summed E-state index contributed by atoms with van der Waals surface area (Å²) in [4.78, 5) is 12.4. The number of nitrogens with one attached hydrogen (secondary N) is 1. The van der Waals surface area contributed by atoms with E-state index in [2.05, 4.69) is 27.6 Å². The summed E-state index contributed by atoms with van der Waals surface area (Å²) in [5.41, 5.74) is 4.06. The lowest BCUT2D eigenvalue weighted by molar-refractivity contribution is -0.115. The van der Waals surface area contributed by atoms with Crippen molar-refractivity contribution in [2.24, 2.45) is 0 Å². The van der Waals surface area contributed by atoms with Gasteiger partial charge < -0.3 is 5.32 Å². The van der Waals surface area contributed by atoms with Crippen molar-refractivity contribution in [3.63, 3.8) is 0 Å². The zero-order valence-corrected chi connectivity index (χ0v) is 19.4. The fourth-order valence-corrected chi connectivity index (χ4v) is 5.43. The van der Waals surface area contributed by atoms with Crippen LogP contribution in [0.1, 0.15) is 11.1 Å². The molecule has 0 fully saturated rings. The van der Waals surface area contributed by atoms with Gasteiger partial charge in [-0.25, -0.2) is 0 Å². The highest BCUT2D eigenvalue weighted by molar-refractivity contribution is 8.00. The number of thioether (sulfide) groups is 1. The average Bonchev–Trinajstić information content (AvgIpc) is 3.21. The molecule has 0 saturated carbocycles. The highest BCUT2D eigenvalue weighted by atomic mass is 35.5. The molecule has 4 aromatic rings. The molecular formula is C23H17Cl2N3OS2. The maximum atomic E-state index is 12.4. The van der Waals surface area contributed by atoms with Gasteiger partial charge in [0.1, 0.15) is 0 Å². The van der Waals surface area contributed by atoms with Crippen molar-refractivity contribution in [2.45, 2.75) is 16.5 Å². The summed E-state index contributed by atoms with van der Waals surface area (Å²) in [5, 5.41) is 12.7. The summed E-state index contributed by atoms with van der Waals surface area (Å²) in [6.45, 7) is 0. The highest BCUT2D eigenvalue weighted by Crippen LogP contribution is 2.33. The standard InChI is InChI=1S/C23H17Cl2N3OS2/c24-19-7-4-8-20(25)18(19)14-30-23-28-27-22(31-23)26-21(29)13-15-9-11-17(12-10-15)16-5-2-1-3-6-16/h1-12H,13-14H2,(H,26,27,29). The van der Waals surface area contributed by atoms with Crippen LogP contribution in [0, 0.1) is 0 Å². The van der Waals surface area contributed by atoms with E-state index in [0.717, 1.165) is 26.6 Å². The Balaban J connectivity index is 1.32. The average molecular weight is 486 g/mol. The maximum Gasteiger partial charge on any atom is 0.230 e. The van der Waals surface area contributed by atoms with Crippen molar-refractivity contribution < 1.29 is 4.79 Å². The second-order valence-electron chi connectivity index (χ2n) is 6.65. The predicted octanol–water partition coefficient (Wildman–Crippen LogP) is 6.99. The van der Waals surface area contributed by atoms with Crippen molar-refractivity contribution in [1.29, 1.82) is 0 Å². The first kappa shape index (κ1) is 21.8. The Morgan fingerprint density at radius 3 is 2.26 bits per heavy atom. The SMILES string of the molecule is O=C(Cc1ccc(-c2ccccc2)cc1)Nc1nnc(SCc2c(Cl)cccc2Cl)s1. The molecule has 156 valence electrons. The number of carbonyl (C=O) groups excluding carboxylic acids is 1. The van der Waals surface area contributed by atoms with Gasteiger partial charge in [-0.1, -0.05) is 107 Å². The van der Waals surface area contributed by atoms with E-state index in [1.165, 1.54) is 23.1 Å². The first-order valence-corrected chi connectivity index (χ1v) is 12.0. The second kappa shape index (κ2) is 10.3. The van der Waals surface area contributed by atoms with Crippen LogP contribution in [0.2, 0.25) is 10.0 Å². The Hall–Kier alpha value is -2.38. The van der Waals surface area contributed by atoms with Gasteiger partial charge in [-0.15, -0.1) is 10.2 Å². The van der Waals surface area contributed by atoms with Gasteiger partial charge in [0, 0.05) is 15.8 Å². The van der Waals surface area contributed by atoms with E-state index in [-0.39, 0.29) is 12.3 Å². The molecule has 0 atom stereocenters. The summed E-state index contributed by atoms with van der Waals surface area (Å²) in [5.74, 6) is 0.448. The number of hydrogen-bond donors (Lipinski definition) is 1. The van der Waals surface area contributed by atoms with Crippen LogP contribution in [0.25, 0.3) is 11.1 Å². The molecule has 3 aromatic carbocycles. The van der Waals surface area contributed by atoms with Crippen LogP contribution in [0.5, 0.6) is 0 Å². The molecule has 1 heterocycles. The second-order valence-corrected chi connectivity index (χ2v) is 9.66. The van der Waals surface area contributed by atoms with Gasteiger partial charge in [0.15, 0.2) is 4.34 Å². The van der Waals surface area contributed by atoms with Crippen molar-refractivity contribution in [3.8, 4) is 11.1 Å². The first-order valence-electron chi connectivity index (χ1n) is 9.42. The first-order chi connectivity index (χ1) is 15.1. The third-order valence-electron chi connectivity index (χ3n) is 4.48. The number of anilines is 1. The van der Waals surface area contributed by atoms with E-state index in [4.69, 9.17) is 23.2 Å². The summed E-state index contributed by atoms with van der Waals surface area (Å²) in [6.07, 6.45) is 0.270. The number of amides is 1. The molecule has 4 rings (SSSR count). The van der Waals surface area contributed by atoms with Crippen LogP contribution in [-0.2, 0) is 17.0 Å². The summed E-state index contributed by atoms with van der Waals surface area (Å²) < 4.78 is 0.735. The maximum absolute atomic E-state index is 12.4. The molecule has 1 N–H and O–H groups in total. The van der Waals surface area contributed by atoms with Gasteiger partial charge in [0.05, 0.1) is 6.42 Å². The van der Waals surface area contributed by atoms with Crippen molar-refractivity contribution in [1.82, 2.24) is 10.2 Å². The molecule has 1 aromatic heterocycles. The predicted molar refractivity (Wildman–Crippen MR) is 130 cm³/mol. The lowest BCUT2D eigenvalue weighted by Crippen LogP contribution is -2.14. The van der Waals surface area contributed by atoms with Gasteiger partial charge >= 0.3 is 0 Å². The third kappa shape index (κ3) is 5.86. The summed E-state index contributed by atoms with van der Waals surface area (Å²) in [7, 11) is 0. The Labute approximate surface area is 198 Å². The fourth-order valence-electron chi connectivity index (χ4n) is 2.92. The number of hydrogen-bond acceptors (Lipinski definition) is 5. The highest BCUT2D eigenvalue weighted by Gasteiger charge is 2.12. The Bertz CT molecular complexity index is 1160. The molecule has 0 aliphatic heterocycles. The molecular weight excluding hydrogens is 469 g/mol. The van der Waals surface area contributed by atoms with Gasteiger partial charge in [0.2, 0.25) is 11.0 Å². The van der Waals surface area contributed by atoms with Crippen molar-refractivity contribution in [2.75, 3.05) is 5.32 Å². The quantitative estimate of drug-likeness (QED) is 0.226. The number of benzene rings is 3. The topological polar surface area (TPSA) is 54.9 Å². The summed E-state index contributed by atoms with van der Waals surface area (Å²) in [6, 6.07) is 23.5. The minimum atomic E-state index is -0.130. The number of halogens is 2. The zero-order chi connectivity index (χ0) is 21.6. The molecule has 8 heteroatoms. The number of aromatic nitrogens is 2. The molecule has 0 radical (unpaired) electrons. The monoisotopic (exact) mass is 485 g/mol. The summed E-state index contributed by atoms with van der Waals surface area (Å²) >= 11 is 15.2. The van der Waals surface area contributed by atoms with E-state index in [1.807, 2.05) is 60.7 Å². The number of nitrogens with zero attached hydrogens (tertiary/aromatic N) is 2. The van der Waals surface area contributed by atoms with Crippen LogP contribution >= 0.6 is 46.3 Å². The van der Waals surface area contributed by atoms with Gasteiger partial charge in [-0.3, -0.25) is 4.79 Å². The molecule has 0 unspecified atom stereocenters. The van der Waals surface area contributed by atoms with E-state index in [0.29, 0.717) is 20.9 Å². The van der Waals surface area contributed by atoms with Gasteiger partial charge in [-0.2, -0.15) is 0 Å². The normalized spacial score (nSPS) is 10.8. The van der Waals surface area contributed by atoms with Crippen LogP contribution in [-0.4, -0.2) is 16.1 Å². The third-order valence-corrected chi connectivity index (χ3v) is 7.19.